The van der Waals surface area contributed by atoms with Crippen LogP contribution in [0.1, 0.15) is 39.5 Å². The maximum Gasteiger partial charge on any atom is 0.333 e. The highest BCUT2D eigenvalue weighted by atomic mass is 79.9. The average molecular weight is 293 g/mol. The second-order valence-electron chi connectivity index (χ2n) is 4.08. The molecule has 0 heterocycles. The first kappa shape index (κ1) is 15.7. The molecule has 16 heavy (non-hydrogen) atoms. The monoisotopic (exact) mass is 292 g/mol. The molecule has 0 spiro atoms. The van der Waals surface area contributed by atoms with Gasteiger partial charge in [0.2, 0.25) is 0 Å². The molecular weight excluding hydrogens is 272 g/mol. The van der Waals surface area contributed by atoms with E-state index in [1.807, 2.05) is 0 Å². The Bertz CT molecular complexity index is 226. The van der Waals surface area contributed by atoms with Crippen LogP contribution in [0.15, 0.2) is 12.2 Å². The van der Waals surface area contributed by atoms with Gasteiger partial charge in [0.25, 0.3) is 0 Å². The third-order valence-corrected chi connectivity index (χ3v) is 3.06. The summed E-state index contributed by atoms with van der Waals surface area (Å²) in [6.45, 7) is 7.36. The van der Waals surface area contributed by atoms with Crippen molar-refractivity contribution in [3.63, 3.8) is 0 Å². The lowest BCUT2D eigenvalue weighted by Crippen LogP contribution is -2.09. The van der Waals surface area contributed by atoms with Gasteiger partial charge in [-0.15, -0.1) is 0 Å². The van der Waals surface area contributed by atoms with Crippen molar-refractivity contribution in [2.45, 2.75) is 50.5 Å². The van der Waals surface area contributed by atoms with Crippen LogP contribution in [0.5, 0.6) is 0 Å². The van der Waals surface area contributed by atoms with Gasteiger partial charge in [0.05, 0.1) is 12.7 Å². The second kappa shape index (κ2) is 8.76. The molecule has 2 unspecified atom stereocenters. The van der Waals surface area contributed by atoms with Crippen LogP contribution in [-0.2, 0) is 9.53 Å². The van der Waals surface area contributed by atoms with Crippen LogP contribution < -0.4 is 0 Å². The van der Waals surface area contributed by atoms with Crippen LogP contribution in [0.3, 0.4) is 0 Å². The number of halogens is 1. The molecule has 0 aliphatic rings. The zero-order chi connectivity index (χ0) is 12.6. The summed E-state index contributed by atoms with van der Waals surface area (Å²) in [5.74, 6) is -0.324. The summed E-state index contributed by atoms with van der Waals surface area (Å²) in [5.41, 5.74) is 0.435. The van der Waals surface area contributed by atoms with E-state index < -0.39 is 0 Å². The van der Waals surface area contributed by atoms with Crippen LogP contribution in [0.25, 0.3) is 0 Å². The van der Waals surface area contributed by atoms with Gasteiger partial charge in [-0.25, -0.2) is 4.79 Å². The molecule has 0 fully saturated rings. The summed E-state index contributed by atoms with van der Waals surface area (Å²) in [5, 5.41) is 9.11. The van der Waals surface area contributed by atoms with E-state index in [1.54, 1.807) is 13.8 Å². The molecule has 0 aromatic rings. The van der Waals surface area contributed by atoms with Gasteiger partial charge in [-0.3, -0.25) is 0 Å². The van der Waals surface area contributed by atoms with E-state index in [4.69, 9.17) is 9.84 Å². The first-order valence-electron chi connectivity index (χ1n) is 5.58. The predicted octanol–water partition coefficient (Wildman–Crippen LogP) is 2.81. The molecule has 0 bridgehead atoms. The molecular formula is C12H21BrO3. The van der Waals surface area contributed by atoms with Gasteiger partial charge in [-0.1, -0.05) is 22.5 Å². The molecule has 94 valence electrons. The lowest BCUT2D eigenvalue weighted by molar-refractivity contribution is -0.139. The Morgan fingerprint density at radius 2 is 2.06 bits per heavy atom. The van der Waals surface area contributed by atoms with Gasteiger partial charge in [-0.05, 0) is 39.5 Å². The largest absolute Gasteiger partial charge is 0.462 e. The zero-order valence-corrected chi connectivity index (χ0v) is 11.6. The van der Waals surface area contributed by atoms with Crippen molar-refractivity contribution in [2.75, 3.05) is 6.61 Å². The molecule has 1 N–H and O–H groups in total. The van der Waals surface area contributed by atoms with Crippen LogP contribution in [-0.4, -0.2) is 28.6 Å². The lowest BCUT2D eigenvalue weighted by atomic mass is 10.1. The number of alkyl halides is 1. The fourth-order valence-electron chi connectivity index (χ4n) is 1.16. The quantitative estimate of drug-likeness (QED) is 0.324. The van der Waals surface area contributed by atoms with Crippen LogP contribution in [0, 0.1) is 0 Å². The number of esters is 1. The normalized spacial score (nSPS) is 14.2. The topological polar surface area (TPSA) is 46.5 Å². The van der Waals surface area contributed by atoms with Crippen molar-refractivity contribution in [1.82, 2.24) is 0 Å². The van der Waals surface area contributed by atoms with Crippen molar-refractivity contribution in [3.8, 4) is 0 Å². The van der Waals surface area contributed by atoms with Gasteiger partial charge in [-0.2, -0.15) is 0 Å². The number of hydrogen-bond acceptors (Lipinski definition) is 3. The number of ether oxygens (including phenoxy) is 1. The smallest absolute Gasteiger partial charge is 0.333 e. The molecule has 0 saturated carbocycles. The van der Waals surface area contributed by atoms with Gasteiger partial charge >= 0.3 is 5.97 Å². The summed E-state index contributed by atoms with van der Waals surface area (Å²) in [7, 11) is 0. The second-order valence-corrected chi connectivity index (χ2v) is 5.38. The molecule has 0 aliphatic heterocycles. The minimum absolute atomic E-state index is 0.249. The maximum absolute atomic E-state index is 11.0. The van der Waals surface area contributed by atoms with Crippen molar-refractivity contribution in [2.24, 2.45) is 0 Å². The number of aliphatic hydroxyl groups is 1. The molecule has 3 nitrogen and oxygen atoms in total. The summed E-state index contributed by atoms with van der Waals surface area (Å²) < 4.78 is 4.97. The standard InChI is InChI=1S/C12H21BrO3/c1-9(2)12(15)16-8-4-5-11(13)7-6-10(3)14/h10-11,14H,1,4-8H2,2-3H3. The fourth-order valence-corrected chi connectivity index (χ4v) is 1.75. The molecule has 0 aromatic heterocycles. The Balaban J connectivity index is 3.44. The first-order valence-corrected chi connectivity index (χ1v) is 6.49. The molecule has 2 atom stereocenters. The van der Waals surface area contributed by atoms with E-state index >= 15 is 0 Å². The minimum atomic E-state index is -0.324. The summed E-state index contributed by atoms with van der Waals surface area (Å²) in [6.07, 6.45) is 3.25. The van der Waals surface area contributed by atoms with Crippen LogP contribution in [0.4, 0.5) is 0 Å². The van der Waals surface area contributed by atoms with E-state index in [1.165, 1.54) is 0 Å². The highest BCUT2D eigenvalue weighted by Crippen LogP contribution is 2.15. The Kier molecular flexibility index (Phi) is 8.57. The molecule has 0 saturated heterocycles. The summed E-state index contributed by atoms with van der Waals surface area (Å²) in [4.78, 5) is 11.4. The van der Waals surface area contributed by atoms with Crippen molar-refractivity contribution < 1.29 is 14.6 Å². The maximum atomic E-state index is 11.0. The van der Waals surface area contributed by atoms with Crippen LogP contribution >= 0.6 is 15.9 Å². The number of aliphatic hydroxyl groups excluding tert-OH is 1. The number of carbonyl (C=O) groups is 1. The van der Waals surface area contributed by atoms with Gasteiger partial charge < -0.3 is 9.84 Å². The van der Waals surface area contributed by atoms with Gasteiger partial charge in [0, 0.05) is 10.4 Å². The zero-order valence-electron chi connectivity index (χ0n) is 10.0. The van der Waals surface area contributed by atoms with E-state index in [0.717, 1.165) is 25.7 Å². The van der Waals surface area contributed by atoms with Gasteiger partial charge in [0.15, 0.2) is 0 Å². The molecule has 0 aromatic carbocycles. The van der Waals surface area contributed by atoms with Gasteiger partial charge in [0.1, 0.15) is 0 Å². The summed E-state index contributed by atoms with van der Waals surface area (Å²) in [6, 6.07) is 0. The Morgan fingerprint density at radius 1 is 1.44 bits per heavy atom. The fraction of sp³-hybridized carbons (Fsp3) is 0.750. The van der Waals surface area contributed by atoms with Crippen molar-refractivity contribution >= 4 is 21.9 Å². The highest BCUT2D eigenvalue weighted by molar-refractivity contribution is 9.09. The third kappa shape index (κ3) is 8.92. The van der Waals surface area contributed by atoms with E-state index in [0.29, 0.717) is 17.0 Å². The summed E-state index contributed by atoms with van der Waals surface area (Å²) >= 11 is 3.53. The molecule has 0 rings (SSSR count). The van der Waals surface area contributed by atoms with Crippen LogP contribution in [0.2, 0.25) is 0 Å². The number of rotatable bonds is 8. The Morgan fingerprint density at radius 3 is 2.56 bits per heavy atom. The van der Waals surface area contributed by atoms with E-state index in [9.17, 15) is 4.79 Å². The Labute approximate surface area is 106 Å². The SMILES string of the molecule is C=C(C)C(=O)OCCCC(Br)CCC(C)O. The lowest BCUT2D eigenvalue weighted by Gasteiger charge is -2.11. The number of hydrogen-bond donors (Lipinski definition) is 1. The molecule has 0 amide bonds. The van der Waals surface area contributed by atoms with E-state index in [-0.39, 0.29) is 12.1 Å². The van der Waals surface area contributed by atoms with Crippen molar-refractivity contribution in [1.29, 1.82) is 0 Å². The minimum Gasteiger partial charge on any atom is -0.462 e. The molecule has 0 radical (unpaired) electrons. The van der Waals surface area contributed by atoms with E-state index in [2.05, 4.69) is 22.5 Å². The third-order valence-electron chi connectivity index (χ3n) is 2.14. The highest BCUT2D eigenvalue weighted by Gasteiger charge is 2.07. The van der Waals surface area contributed by atoms with Crippen molar-refractivity contribution in [3.05, 3.63) is 12.2 Å². The molecule has 0 aliphatic carbocycles. The average Bonchev–Trinajstić information content (AvgIpc) is 2.20. The number of carbonyl (C=O) groups excluding carboxylic acids is 1. The predicted molar refractivity (Wildman–Crippen MR) is 68.6 cm³/mol. The molecule has 4 heteroatoms. The Hall–Kier alpha value is -0.350. The first-order chi connectivity index (χ1) is 7.43.